The summed E-state index contributed by atoms with van der Waals surface area (Å²) >= 11 is 0. The maximum absolute atomic E-state index is 12.2. The lowest BCUT2D eigenvalue weighted by Gasteiger charge is -2.15. The summed E-state index contributed by atoms with van der Waals surface area (Å²) in [5, 5.41) is 5.35. The Kier molecular flexibility index (Phi) is 4.32. The Hall–Kier alpha value is -2.76. The molecule has 0 aliphatic rings. The minimum atomic E-state index is 0.0542. The van der Waals surface area contributed by atoms with Crippen LogP contribution in [0.4, 0.5) is 0 Å². The van der Waals surface area contributed by atoms with Crippen LogP contribution in [0.3, 0.4) is 0 Å². The van der Waals surface area contributed by atoms with Crippen molar-refractivity contribution in [3.05, 3.63) is 48.6 Å². The van der Waals surface area contributed by atoms with E-state index in [-0.39, 0.29) is 5.91 Å². The Labute approximate surface area is 134 Å². The molecule has 0 atom stereocenters. The van der Waals surface area contributed by atoms with Gasteiger partial charge >= 0.3 is 0 Å². The van der Waals surface area contributed by atoms with Gasteiger partial charge in [-0.15, -0.1) is 0 Å². The summed E-state index contributed by atoms with van der Waals surface area (Å²) in [7, 11) is 3.41. The van der Waals surface area contributed by atoms with E-state index in [0.29, 0.717) is 19.5 Å². The Morgan fingerprint density at radius 1 is 1.39 bits per heavy atom. The van der Waals surface area contributed by atoms with Crippen LogP contribution in [0.15, 0.2) is 47.2 Å². The molecule has 0 fully saturated rings. The van der Waals surface area contributed by atoms with Gasteiger partial charge in [-0.3, -0.25) is 9.48 Å². The number of rotatable bonds is 6. The zero-order chi connectivity index (χ0) is 16.2. The second-order valence-electron chi connectivity index (χ2n) is 5.37. The monoisotopic (exact) mass is 313 g/mol. The van der Waals surface area contributed by atoms with Crippen molar-refractivity contribution in [1.29, 1.82) is 0 Å². The SMILES string of the molecule is COc1ccc2c(cnn2CCC(=O)N(C)Cc2ccco2)c1. The second-order valence-corrected chi connectivity index (χ2v) is 5.37. The molecule has 6 nitrogen and oxygen atoms in total. The number of hydrogen-bond donors (Lipinski definition) is 0. The Bertz CT molecular complexity index is 793. The number of amides is 1. The number of benzene rings is 1. The average molecular weight is 313 g/mol. The van der Waals surface area contributed by atoms with Crippen LogP contribution in [0.1, 0.15) is 12.2 Å². The maximum atomic E-state index is 12.2. The molecule has 0 aliphatic heterocycles. The van der Waals surface area contributed by atoms with Gasteiger partial charge in [0.25, 0.3) is 0 Å². The highest BCUT2D eigenvalue weighted by Crippen LogP contribution is 2.20. The van der Waals surface area contributed by atoms with E-state index in [1.807, 2.05) is 35.0 Å². The van der Waals surface area contributed by atoms with E-state index < -0.39 is 0 Å². The van der Waals surface area contributed by atoms with Gasteiger partial charge in [-0.1, -0.05) is 0 Å². The van der Waals surface area contributed by atoms with Crippen molar-refractivity contribution in [3.8, 4) is 5.75 Å². The van der Waals surface area contributed by atoms with E-state index in [0.717, 1.165) is 22.4 Å². The highest BCUT2D eigenvalue weighted by atomic mass is 16.5. The number of nitrogens with zero attached hydrogens (tertiary/aromatic N) is 3. The molecule has 6 heteroatoms. The summed E-state index contributed by atoms with van der Waals surface area (Å²) in [6.07, 6.45) is 3.78. The van der Waals surface area contributed by atoms with Crippen LogP contribution in [-0.4, -0.2) is 34.7 Å². The van der Waals surface area contributed by atoms with Gasteiger partial charge in [-0.05, 0) is 30.3 Å². The average Bonchev–Trinajstić information content (AvgIpc) is 3.21. The number of aryl methyl sites for hydroxylation is 1. The van der Waals surface area contributed by atoms with Crippen LogP contribution in [0.25, 0.3) is 10.9 Å². The van der Waals surface area contributed by atoms with E-state index in [1.165, 1.54) is 0 Å². The molecule has 23 heavy (non-hydrogen) atoms. The van der Waals surface area contributed by atoms with E-state index >= 15 is 0 Å². The standard InChI is InChI=1S/C17H19N3O3/c1-19(12-15-4-3-9-23-15)17(21)7-8-20-16-6-5-14(22-2)10-13(16)11-18-20/h3-6,9-11H,7-8,12H2,1-2H3. The lowest BCUT2D eigenvalue weighted by atomic mass is 10.2. The van der Waals surface area contributed by atoms with Crippen LogP contribution >= 0.6 is 0 Å². The summed E-state index contributed by atoms with van der Waals surface area (Å²) < 4.78 is 12.3. The van der Waals surface area contributed by atoms with Crippen molar-refractivity contribution in [1.82, 2.24) is 14.7 Å². The summed E-state index contributed by atoms with van der Waals surface area (Å²) in [4.78, 5) is 13.9. The number of furan rings is 1. The highest BCUT2D eigenvalue weighted by molar-refractivity contribution is 5.80. The molecule has 0 saturated heterocycles. The minimum Gasteiger partial charge on any atom is -0.497 e. The molecule has 2 heterocycles. The van der Waals surface area contributed by atoms with E-state index in [2.05, 4.69) is 5.10 Å². The first kappa shape index (κ1) is 15.1. The normalized spacial score (nSPS) is 10.9. The quantitative estimate of drug-likeness (QED) is 0.702. The van der Waals surface area contributed by atoms with Crippen molar-refractivity contribution in [2.24, 2.45) is 0 Å². The molecule has 0 unspecified atom stereocenters. The largest absolute Gasteiger partial charge is 0.497 e. The van der Waals surface area contributed by atoms with Crippen LogP contribution < -0.4 is 4.74 Å². The molecule has 0 aliphatic carbocycles. The first-order chi connectivity index (χ1) is 11.2. The first-order valence-corrected chi connectivity index (χ1v) is 7.43. The van der Waals surface area contributed by atoms with Crippen molar-refractivity contribution in [2.75, 3.05) is 14.2 Å². The van der Waals surface area contributed by atoms with Gasteiger partial charge in [0.15, 0.2) is 0 Å². The van der Waals surface area contributed by atoms with Gasteiger partial charge in [0.1, 0.15) is 11.5 Å². The molecule has 1 aromatic carbocycles. The lowest BCUT2D eigenvalue weighted by molar-refractivity contribution is -0.130. The molecule has 2 aromatic heterocycles. The van der Waals surface area contributed by atoms with E-state index in [1.54, 1.807) is 31.5 Å². The maximum Gasteiger partial charge on any atom is 0.224 e. The molecule has 3 rings (SSSR count). The molecule has 120 valence electrons. The number of fused-ring (bicyclic) bond motifs is 1. The zero-order valence-electron chi connectivity index (χ0n) is 13.2. The number of methoxy groups -OCH3 is 1. The third-order valence-corrected chi connectivity index (χ3v) is 3.79. The van der Waals surface area contributed by atoms with Crippen molar-refractivity contribution >= 4 is 16.8 Å². The van der Waals surface area contributed by atoms with Crippen LogP contribution in [0, 0.1) is 0 Å². The summed E-state index contributed by atoms with van der Waals surface area (Å²) in [6, 6.07) is 9.46. The summed E-state index contributed by atoms with van der Waals surface area (Å²) in [5.74, 6) is 1.63. The smallest absolute Gasteiger partial charge is 0.224 e. The van der Waals surface area contributed by atoms with E-state index in [4.69, 9.17) is 9.15 Å². The molecular weight excluding hydrogens is 294 g/mol. The number of carbonyl (C=O) groups is 1. The molecule has 0 radical (unpaired) electrons. The molecule has 0 spiro atoms. The van der Waals surface area contributed by atoms with Gasteiger partial charge in [-0.25, -0.2) is 0 Å². The third-order valence-electron chi connectivity index (χ3n) is 3.79. The van der Waals surface area contributed by atoms with Gasteiger partial charge < -0.3 is 14.1 Å². The molecule has 3 aromatic rings. The predicted molar refractivity (Wildman–Crippen MR) is 86.1 cm³/mol. The molecular formula is C17H19N3O3. The number of hydrogen-bond acceptors (Lipinski definition) is 4. The van der Waals surface area contributed by atoms with Gasteiger partial charge in [-0.2, -0.15) is 5.10 Å². The van der Waals surface area contributed by atoms with Crippen LogP contribution in [0.5, 0.6) is 5.75 Å². The van der Waals surface area contributed by atoms with E-state index in [9.17, 15) is 4.79 Å². The van der Waals surface area contributed by atoms with Crippen LogP contribution in [-0.2, 0) is 17.9 Å². The van der Waals surface area contributed by atoms with Crippen molar-refractivity contribution in [2.45, 2.75) is 19.5 Å². The Morgan fingerprint density at radius 3 is 3.00 bits per heavy atom. The van der Waals surface area contributed by atoms with Gasteiger partial charge in [0, 0.05) is 18.9 Å². The highest BCUT2D eigenvalue weighted by Gasteiger charge is 2.12. The Morgan fingerprint density at radius 2 is 2.26 bits per heavy atom. The number of carbonyl (C=O) groups excluding carboxylic acids is 1. The topological polar surface area (TPSA) is 60.5 Å². The second kappa shape index (κ2) is 6.56. The zero-order valence-corrected chi connectivity index (χ0v) is 13.2. The number of aromatic nitrogens is 2. The summed E-state index contributed by atoms with van der Waals surface area (Å²) in [6.45, 7) is 1.01. The van der Waals surface area contributed by atoms with Crippen LogP contribution in [0.2, 0.25) is 0 Å². The van der Waals surface area contributed by atoms with Crippen molar-refractivity contribution < 1.29 is 13.9 Å². The predicted octanol–water partition coefficient (Wildman–Crippen LogP) is 2.69. The van der Waals surface area contributed by atoms with Crippen molar-refractivity contribution in [3.63, 3.8) is 0 Å². The molecule has 0 saturated carbocycles. The molecule has 1 amide bonds. The number of ether oxygens (including phenoxy) is 1. The minimum absolute atomic E-state index is 0.0542. The third kappa shape index (κ3) is 3.36. The molecule has 0 bridgehead atoms. The van der Waals surface area contributed by atoms with Gasteiger partial charge in [0.2, 0.25) is 5.91 Å². The fourth-order valence-electron chi connectivity index (χ4n) is 2.49. The first-order valence-electron chi connectivity index (χ1n) is 7.43. The summed E-state index contributed by atoms with van der Waals surface area (Å²) in [5.41, 5.74) is 0.993. The fraction of sp³-hybridized carbons (Fsp3) is 0.294. The lowest BCUT2D eigenvalue weighted by Crippen LogP contribution is -2.27. The van der Waals surface area contributed by atoms with Gasteiger partial charge in [0.05, 0.1) is 38.2 Å². The molecule has 0 N–H and O–H groups in total. The Balaban J connectivity index is 1.62. The fourth-order valence-corrected chi connectivity index (χ4v) is 2.49.